The van der Waals surface area contributed by atoms with Crippen molar-refractivity contribution in [2.75, 3.05) is 13.2 Å². The molecule has 1 aromatic rings. The van der Waals surface area contributed by atoms with Gasteiger partial charge in [0.1, 0.15) is 5.54 Å². The highest BCUT2D eigenvalue weighted by Crippen LogP contribution is 2.29. The number of imide groups is 1. The molecule has 2 rings (SSSR count). The van der Waals surface area contributed by atoms with Crippen LogP contribution in [-0.2, 0) is 15.1 Å². The number of carbonyl (C=O) groups excluding carboxylic acids is 2. The van der Waals surface area contributed by atoms with Gasteiger partial charge in [-0.3, -0.25) is 19.8 Å². The minimum atomic E-state index is -1.23. The number of urea groups is 1. The summed E-state index contributed by atoms with van der Waals surface area (Å²) in [5.74, 6) is -0.399. The Balaban J connectivity index is 2.17. The number of hydrogen-bond donors (Lipinski definition) is 1. The van der Waals surface area contributed by atoms with Gasteiger partial charge < -0.3 is 10.1 Å². The minimum absolute atomic E-state index is 0.0109. The van der Waals surface area contributed by atoms with Crippen LogP contribution in [0.15, 0.2) is 24.3 Å². The van der Waals surface area contributed by atoms with E-state index < -0.39 is 22.4 Å². The maximum atomic E-state index is 12.6. The van der Waals surface area contributed by atoms with Crippen molar-refractivity contribution >= 4 is 17.6 Å². The maximum absolute atomic E-state index is 12.6. The quantitative estimate of drug-likeness (QED) is 0.489. The third-order valence-electron chi connectivity index (χ3n) is 3.70. The molecule has 124 valence electrons. The number of benzene rings is 1. The molecule has 0 bridgehead atoms. The highest BCUT2D eigenvalue weighted by Gasteiger charge is 2.48. The van der Waals surface area contributed by atoms with Crippen molar-refractivity contribution in [3.63, 3.8) is 0 Å². The van der Waals surface area contributed by atoms with Gasteiger partial charge in [0.15, 0.2) is 0 Å². The van der Waals surface area contributed by atoms with Crippen molar-refractivity contribution in [2.45, 2.75) is 32.4 Å². The summed E-state index contributed by atoms with van der Waals surface area (Å²) in [6, 6.07) is 5.08. The Morgan fingerprint density at radius 2 is 1.91 bits per heavy atom. The molecule has 3 amide bonds. The van der Waals surface area contributed by atoms with Crippen LogP contribution >= 0.6 is 0 Å². The van der Waals surface area contributed by atoms with Gasteiger partial charge in [-0.2, -0.15) is 0 Å². The SMILES string of the molecule is CC(C)OCCN1C(=O)N[C@@](C)(c2ccc([N+](=O)[O-])cc2)C1=O. The first kappa shape index (κ1) is 16.9. The van der Waals surface area contributed by atoms with E-state index in [0.717, 1.165) is 4.90 Å². The summed E-state index contributed by atoms with van der Waals surface area (Å²) in [5.41, 5.74) is -0.811. The van der Waals surface area contributed by atoms with Crippen LogP contribution in [0.4, 0.5) is 10.5 Å². The van der Waals surface area contributed by atoms with E-state index in [0.29, 0.717) is 5.56 Å². The molecule has 1 heterocycles. The van der Waals surface area contributed by atoms with Crippen molar-refractivity contribution in [2.24, 2.45) is 0 Å². The lowest BCUT2D eigenvalue weighted by atomic mass is 9.92. The summed E-state index contributed by atoms with van der Waals surface area (Å²) < 4.78 is 5.37. The normalized spacial score (nSPS) is 21.0. The van der Waals surface area contributed by atoms with Crippen LogP contribution in [0.1, 0.15) is 26.3 Å². The molecule has 8 nitrogen and oxygen atoms in total. The van der Waals surface area contributed by atoms with Gasteiger partial charge in [-0.15, -0.1) is 0 Å². The standard InChI is InChI=1S/C15H19N3O5/c1-10(2)23-9-8-17-13(19)15(3,16-14(17)20)11-4-6-12(7-5-11)18(21)22/h4-7,10H,8-9H2,1-3H3,(H,16,20)/t15-/m0/s1. The molecule has 0 radical (unpaired) electrons. The molecule has 0 aliphatic carbocycles. The number of nitrogens with zero attached hydrogens (tertiary/aromatic N) is 2. The lowest BCUT2D eigenvalue weighted by Gasteiger charge is -2.22. The number of rotatable bonds is 6. The van der Waals surface area contributed by atoms with Gasteiger partial charge in [-0.1, -0.05) is 0 Å². The first-order valence-corrected chi connectivity index (χ1v) is 7.26. The molecule has 1 N–H and O–H groups in total. The second-order valence-corrected chi connectivity index (χ2v) is 5.74. The molecule has 0 aromatic heterocycles. The van der Waals surface area contributed by atoms with E-state index in [4.69, 9.17) is 4.74 Å². The van der Waals surface area contributed by atoms with E-state index in [1.807, 2.05) is 13.8 Å². The van der Waals surface area contributed by atoms with Gasteiger partial charge in [-0.25, -0.2) is 4.79 Å². The minimum Gasteiger partial charge on any atom is -0.377 e. The van der Waals surface area contributed by atoms with Crippen LogP contribution in [0, 0.1) is 10.1 Å². The smallest absolute Gasteiger partial charge is 0.325 e. The molecule has 1 aliphatic heterocycles. The van der Waals surface area contributed by atoms with E-state index in [9.17, 15) is 19.7 Å². The molecule has 0 spiro atoms. The molecule has 23 heavy (non-hydrogen) atoms. The van der Waals surface area contributed by atoms with Gasteiger partial charge >= 0.3 is 6.03 Å². The van der Waals surface area contributed by atoms with Crippen molar-refractivity contribution < 1.29 is 19.2 Å². The highest BCUT2D eigenvalue weighted by atomic mass is 16.6. The second-order valence-electron chi connectivity index (χ2n) is 5.74. The molecule has 0 unspecified atom stereocenters. The van der Waals surface area contributed by atoms with Gasteiger partial charge in [0.2, 0.25) is 0 Å². The summed E-state index contributed by atoms with van der Waals surface area (Å²) in [4.78, 5) is 35.9. The van der Waals surface area contributed by atoms with Gasteiger partial charge in [0, 0.05) is 12.1 Å². The summed E-state index contributed by atoms with van der Waals surface area (Å²) in [6.45, 7) is 5.73. The summed E-state index contributed by atoms with van der Waals surface area (Å²) in [6.07, 6.45) is 0.0109. The third kappa shape index (κ3) is 3.31. The number of hydrogen-bond acceptors (Lipinski definition) is 5. The van der Waals surface area contributed by atoms with Crippen LogP contribution in [0.5, 0.6) is 0 Å². The Hall–Kier alpha value is -2.48. The average molecular weight is 321 g/mol. The van der Waals surface area contributed by atoms with Crippen molar-refractivity contribution in [1.29, 1.82) is 0 Å². The van der Waals surface area contributed by atoms with Crippen LogP contribution < -0.4 is 5.32 Å². The largest absolute Gasteiger partial charge is 0.377 e. The number of nitro benzene ring substituents is 1. The first-order valence-electron chi connectivity index (χ1n) is 7.26. The summed E-state index contributed by atoms with van der Waals surface area (Å²) >= 11 is 0. The Morgan fingerprint density at radius 3 is 2.43 bits per heavy atom. The van der Waals surface area contributed by atoms with Crippen LogP contribution in [0.3, 0.4) is 0 Å². The zero-order valence-electron chi connectivity index (χ0n) is 13.2. The average Bonchev–Trinajstić information content (AvgIpc) is 2.71. The number of carbonyl (C=O) groups is 2. The predicted molar refractivity (Wildman–Crippen MR) is 81.8 cm³/mol. The van der Waals surface area contributed by atoms with Crippen LogP contribution in [0.2, 0.25) is 0 Å². The molecule has 1 fully saturated rings. The maximum Gasteiger partial charge on any atom is 0.325 e. The van der Waals surface area contributed by atoms with E-state index in [1.54, 1.807) is 6.92 Å². The summed E-state index contributed by atoms with van der Waals surface area (Å²) in [5, 5.41) is 13.3. The van der Waals surface area contributed by atoms with E-state index in [-0.39, 0.29) is 24.9 Å². The molecule has 1 atom stereocenters. The molecular weight excluding hydrogens is 302 g/mol. The van der Waals surface area contributed by atoms with Gasteiger partial charge in [-0.05, 0) is 38.5 Å². The molecule has 1 aromatic carbocycles. The summed E-state index contributed by atoms with van der Waals surface area (Å²) in [7, 11) is 0. The topological polar surface area (TPSA) is 102 Å². The predicted octanol–water partition coefficient (Wildman–Crippen LogP) is 1.79. The fraction of sp³-hybridized carbons (Fsp3) is 0.467. The Bertz CT molecular complexity index is 629. The molecular formula is C15H19N3O5. The van der Waals surface area contributed by atoms with E-state index in [2.05, 4.69) is 5.32 Å². The van der Waals surface area contributed by atoms with Crippen molar-refractivity contribution in [1.82, 2.24) is 10.2 Å². The van der Waals surface area contributed by atoms with Gasteiger partial charge in [0.25, 0.3) is 11.6 Å². The first-order chi connectivity index (χ1) is 10.8. The number of non-ortho nitro benzene ring substituents is 1. The lowest BCUT2D eigenvalue weighted by Crippen LogP contribution is -2.41. The second kappa shape index (κ2) is 6.33. The molecule has 8 heteroatoms. The third-order valence-corrected chi connectivity index (χ3v) is 3.70. The van der Waals surface area contributed by atoms with Crippen LogP contribution in [0.25, 0.3) is 0 Å². The molecule has 1 saturated heterocycles. The van der Waals surface area contributed by atoms with E-state index >= 15 is 0 Å². The monoisotopic (exact) mass is 321 g/mol. The zero-order valence-corrected chi connectivity index (χ0v) is 13.2. The van der Waals surface area contributed by atoms with Gasteiger partial charge in [0.05, 0.1) is 24.2 Å². The Kier molecular flexibility index (Phi) is 4.65. The lowest BCUT2D eigenvalue weighted by molar-refractivity contribution is -0.384. The zero-order chi connectivity index (χ0) is 17.2. The molecule has 1 aliphatic rings. The fourth-order valence-corrected chi connectivity index (χ4v) is 2.39. The molecule has 0 saturated carbocycles. The number of nitro groups is 1. The van der Waals surface area contributed by atoms with Crippen molar-refractivity contribution in [3.05, 3.63) is 39.9 Å². The fourth-order valence-electron chi connectivity index (χ4n) is 2.39. The number of ether oxygens (including phenoxy) is 1. The number of amides is 3. The Morgan fingerprint density at radius 1 is 1.30 bits per heavy atom. The van der Waals surface area contributed by atoms with Crippen LogP contribution in [-0.4, -0.2) is 41.0 Å². The Labute approximate surface area is 133 Å². The van der Waals surface area contributed by atoms with Crippen molar-refractivity contribution in [3.8, 4) is 0 Å². The van der Waals surface area contributed by atoms with E-state index in [1.165, 1.54) is 24.3 Å². The highest BCUT2D eigenvalue weighted by molar-refractivity contribution is 6.07. The number of nitrogens with one attached hydrogen (secondary N) is 1.